The van der Waals surface area contributed by atoms with Crippen LogP contribution in [0.15, 0.2) is 18.2 Å². The fraction of sp³-hybridized carbons (Fsp3) is 0.611. The van der Waals surface area contributed by atoms with Gasteiger partial charge in [-0.15, -0.1) is 0 Å². The zero-order valence-corrected chi connectivity index (χ0v) is 14.2. The second-order valence-electron chi connectivity index (χ2n) is 6.31. The number of urea groups is 1. The van der Waals surface area contributed by atoms with E-state index in [0.717, 1.165) is 63.5 Å². The minimum Gasteiger partial charge on any atom is -0.493 e. The SMILES string of the molecule is CCN(CC)[C@@H]1CCN(C(=O)Nc2ccc3c(c2)CCCO3)C1. The molecule has 23 heavy (non-hydrogen) atoms. The Morgan fingerprint density at radius 1 is 1.39 bits per heavy atom. The van der Waals surface area contributed by atoms with Gasteiger partial charge in [0, 0.05) is 24.8 Å². The van der Waals surface area contributed by atoms with Crippen molar-refractivity contribution in [1.82, 2.24) is 9.80 Å². The van der Waals surface area contributed by atoms with Crippen molar-refractivity contribution in [2.45, 2.75) is 39.2 Å². The van der Waals surface area contributed by atoms with E-state index < -0.39 is 0 Å². The Bertz CT molecular complexity index is 557. The lowest BCUT2D eigenvalue weighted by atomic mass is 10.1. The van der Waals surface area contributed by atoms with Crippen molar-refractivity contribution in [3.8, 4) is 5.75 Å². The Kier molecular flexibility index (Phi) is 5.06. The highest BCUT2D eigenvalue weighted by Gasteiger charge is 2.29. The molecule has 1 saturated heterocycles. The smallest absolute Gasteiger partial charge is 0.321 e. The molecule has 2 aliphatic heterocycles. The van der Waals surface area contributed by atoms with Crippen molar-refractivity contribution in [3.63, 3.8) is 0 Å². The molecule has 1 aromatic rings. The number of nitrogens with one attached hydrogen (secondary N) is 1. The second-order valence-corrected chi connectivity index (χ2v) is 6.31. The monoisotopic (exact) mass is 317 g/mol. The van der Waals surface area contributed by atoms with Gasteiger partial charge in [-0.1, -0.05) is 13.8 Å². The van der Waals surface area contributed by atoms with Crippen LogP contribution < -0.4 is 10.1 Å². The summed E-state index contributed by atoms with van der Waals surface area (Å²) in [5.41, 5.74) is 2.06. The number of benzene rings is 1. The first kappa shape index (κ1) is 16.1. The summed E-state index contributed by atoms with van der Waals surface area (Å²) < 4.78 is 5.62. The van der Waals surface area contributed by atoms with Crippen molar-refractivity contribution >= 4 is 11.7 Å². The number of anilines is 1. The molecule has 2 heterocycles. The zero-order valence-electron chi connectivity index (χ0n) is 14.2. The molecule has 0 saturated carbocycles. The molecule has 1 fully saturated rings. The lowest BCUT2D eigenvalue weighted by molar-refractivity contribution is 0.202. The number of carbonyl (C=O) groups excluding carboxylic acids is 1. The van der Waals surface area contributed by atoms with Crippen LogP contribution in [0.4, 0.5) is 10.5 Å². The van der Waals surface area contributed by atoms with E-state index in [9.17, 15) is 4.79 Å². The number of hydrogen-bond donors (Lipinski definition) is 1. The predicted octanol–water partition coefficient (Wildman–Crippen LogP) is 2.96. The average Bonchev–Trinajstić information content (AvgIpc) is 3.06. The van der Waals surface area contributed by atoms with Crippen molar-refractivity contribution < 1.29 is 9.53 Å². The van der Waals surface area contributed by atoms with E-state index in [4.69, 9.17) is 4.74 Å². The first-order valence-corrected chi connectivity index (χ1v) is 8.77. The molecule has 0 radical (unpaired) electrons. The number of rotatable bonds is 4. The maximum atomic E-state index is 12.5. The van der Waals surface area contributed by atoms with E-state index in [-0.39, 0.29) is 6.03 Å². The lowest BCUT2D eigenvalue weighted by Gasteiger charge is -2.26. The molecule has 0 bridgehead atoms. The van der Waals surface area contributed by atoms with Crippen LogP contribution in [-0.2, 0) is 6.42 Å². The molecule has 3 rings (SSSR count). The van der Waals surface area contributed by atoms with Gasteiger partial charge < -0.3 is 15.0 Å². The molecule has 1 N–H and O–H groups in total. The van der Waals surface area contributed by atoms with Crippen molar-refractivity contribution in [3.05, 3.63) is 23.8 Å². The Morgan fingerprint density at radius 3 is 3.00 bits per heavy atom. The van der Waals surface area contributed by atoms with Gasteiger partial charge in [0.1, 0.15) is 5.75 Å². The van der Waals surface area contributed by atoms with E-state index in [0.29, 0.717) is 6.04 Å². The van der Waals surface area contributed by atoms with Gasteiger partial charge in [0.15, 0.2) is 0 Å². The Balaban J connectivity index is 1.59. The van der Waals surface area contributed by atoms with Crippen molar-refractivity contribution in [1.29, 1.82) is 0 Å². The van der Waals surface area contributed by atoms with Crippen LogP contribution in [0.5, 0.6) is 5.75 Å². The van der Waals surface area contributed by atoms with E-state index in [2.05, 4.69) is 24.1 Å². The van der Waals surface area contributed by atoms with E-state index in [1.165, 1.54) is 5.56 Å². The molecule has 0 spiro atoms. The highest BCUT2D eigenvalue weighted by molar-refractivity contribution is 5.89. The summed E-state index contributed by atoms with van der Waals surface area (Å²) in [6.45, 7) is 8.90. The number of likely N-dealkylation sites (tertiary alicyclic amines) is 1. The molecule has 2 amide bonds. The number of amides is 2. The van der Waals surface area contributed by atoms with Gasteiger partial charge in [-0.05, 0) is 56.1 Å². The van der Waals surface area contributed by atoms with Crippen LogP contribution in [0.25, 0.3) is 0 Å². The number of fused-ring (bicyclic) bond motifs is 1. The topological polar surface area (TPSA) is 44.8 Å². The third-order valence-electron chi connectivity index (χ3n) is 4.94. The molecule has 0 aromatic heterocycles. The number of carbonyl (C=O) groups is 1. The maximum absolute atomic E-state index is 12.5. The fourth-order valence-electron chi connectivity index (χ4n) is 3.60. The average molecular weight is 317 g/mol. The third kappa shape index (κ3) is 3.61. The van der Waals surface area contributed by atoms with Gasteiger partial charge in [-0.2, -0.15) is 0 Å². The van der Waals surface area contributed by atoms with Crippen LogP contribution in [-0.4, -0.2) is 54.7 Å². The van der Waals surface area contributed by atoms with Gasteiger partial charge in [-0.25, -0.2) is 4.79 Å². The molecule has 126 valence electrons. The van der Waals surface area contributed by atoms with Crippen LogP contribution >= 0.6 is 0 Å². The summed E-state index contributed by atoms with van der Waals surface area (Å²) in [6.07, 6.45) is 3.13. The molecule has 5 nitrogen and oxygen atoms in total. The minimum atomic E-state index is 0.0105. The van der Waals surface area contributed by atoms with E-state index in [1.807, 2.05) is 23.1 Å². The number of likely N-dealkylation sites (N-methyl/N-ethyl adjacent to an activating group) is 1. The van der Waals surface area contributed by atoms with Gasteiger partial charge in [-0.3, -0.25) is 4.90 Å². The molecule has 2 aliphatic rings. The third-order valence-corrected chi connectivity index (χ3v) is 4.94. The van der Waals surface area contributed by atoms with Crippen molar-refractivity contribution in [2.24, 2.45) is 0 Å². The summed E-state index contributed by atoms with van der Waals surface area (Å²) in [5.74, 6) is 0.956. The summed E-state index contributed by atoms with van der Waals surface area (Å²) >= 11 is 0. The Hall–Kier alpha value is -1.75. The normalized spacial score (nSPS) is 20.3. The fourth-order valence-corrected chi connectivity index (χ4v) is 3.60. The minimum absolute atomic E-state index is 0.0105. The van der Waals surface area contributed by atoms with Crippen LogP contribution in [0.1, 0.15) is 32.3 Å². The van der Waals surface area contributed by atoms with Gasteiger partial charge >= 0.3 is 6.03 Å². The standard InChI is InChI=1S/C18H27N3O2/c1-3-20(4-2)16-9-10-21(13-16)18(22)19-15-7-8-17-14(12-15)6-5-11-23-17/h7-8,12,16H,3-6,9-11,13H2,1-2H3,(H,19,22)/t16-/m1/s1. The molecule has 0 aliphatic carbocycles. The summed E-state index contributed by atoms with van der Waals surface area (Å²) in [6, 6.07) is 6.45. The van der Waals surface area contributed by atoms with Crippen molar-refractivity contribution in [2.75, 3.05) is 38.1 Å². The highest BCUT2D eigenvalue weighted by atomic mass is 16.5. The van der Waals surface area contributed by atoms with Crippen LogP contribution in [0, 0.1) is 0 Å². The van der Waals surface area contributed by atoms with Crippen LogP contribution in [0.3, 0.4) is 0 Å². The second kappa shape index (κ2) is 7.21. The molecule has 5 heteroatoms. The van der Waals surface area contributed by atoms with Gasteiger partial charge in [0.25, 0.3) is 0 Å². The maximum Gasteiger partial charge on any atom is 0.321 e. The zero-order chi connectivity index (χ0) is 16.2. The first-order chi connectivity index (χ1) is 11.2. The van der Waals surface area contributed by atoms with Gasteiger partial charge in [0.2, 0.25) is 0 Å². The first-order valence-electron chi connectivity index (χ1n) is 8.77. The number of ether oxygens (including phenoxy) is 1. The number of hydrogen-bond acceptors (Lipinski definition) is 3. The summed E-state index contributed by atoms with van der Waals surface area (Å²) in [4.78, 5) is 16.9. The van der Waals surface area contributed by atoms with Gasteiger partial charge in [0.05, 0.1) is 6.61 Å². The summed E-state index contributed by atoms with van der Waals surface area (Å²) in [7, 11) is 0. The molecule has 1 atom stereocenters. The quantitative estimate of drug-likeness (QED) is 0.928. The summed E-state index contributed by atoms with van der Waals surface area (Å²) in [5, 5.41) is 3.04. The molecule has 0 unspecified atom stereocenters. The number of nitrogens with zero attached hydrogens (tertiary/aromatic N) is 2. The van der Waals surface area contributed by atoms with E-state index >= 15 is 0 Å². The molecular weight excluding hydrogens is 290 g/mol. The Labute approximate surface area is 138 Å². The predicted molar refractivity (Wildman–Crippen MR) is 92.2 cm³/mol. The molecule has 1 aromatic carbocycles. The largest absolute Gasteiger partial charge is 0.493 e. The van der Waals surface area contributed by atoms with E-state index in [1.54, 1.807) is 0 Å². The lowest BCUT2D eigenvalue weighted by Crippen LogP contribution is -2.39. The highest BCUT2D eigenvalue weighted by Crippen LogP contribution is 2.28. The molecular formula is C18H27N3O2. The number of aryl methyl sites for hydroxylation is 1. The Morgan fingerprint density at radius 2 is 2.22 bits per heavy atom. The van der Waals surface area contributed by atoms with Crippen LogP contribution in [0.2, 0.25) is 0 Å².